The van der Waals surface area contributed by atoms with Crippen LogP contribution in [0.5, 0.6) is 0 Å². The molecule has 1 N–H and O–H groups in total. The highest BCUT2D eigenvalue weighted by Gasteiger charge is 2.52. The Morgan fingerprint density at radius 2 is 1.40 bits per heavy atom. The normalized spacial score (nSPS) is 20.6. The van der Waals surface area contributed by atoms with Gasteiger partial charge in [-0.2, -0.15) is 13.2 Å². The summed E-state index contributed by atoms with van der Waals surface area (Å²) in [6, 6.07) is 26.9. The van der Waals surface area contributed by atoms with E-state index in [2.05, 4.69) is 23.5 Å². The molecule has 3 atom stereocenters. The smallest absolute Gasteiger partial charge is 0.324 e. The number of carbonyl (C=O) groups is 2. The number of aryl methyl sites for hydroxylation is 3. The minimum atomic E-state index is -4.47. The summed E-state index contributed by atoms with van der Waals surface area (Å²) in [5.41, 5.74) is 5.75. The SMILES string of the molecule is Cc1cc(C)c(NC(=O)[C@]2(N(Cc3ccc(C(F)(F)F)cc3)C(=O)Cc3ccccc3)CC[C@@H]3Cc4ccccc4C[C@@H]3C2)c(C)c1. The average Bonchev–Trinajstić information content (AvgIpc) is 3.04. The molecule has 1 fully saturated rings. The largest absolute Gasteiger partial charge is 0.416 e. The number of nitrogens with one attached hydrogen (secondary N) is 1. The van der Waals surface area contributed by atoms with Gasteiger partial charge in [0.2, 0.25) is 11.8 Å². The molecule has 0 unspecified atom stereocenters. The van der Waals surface area contributed by atoms with Crippen LogP contribution in [0.3, 0.4) is 0 Å². The number of anilines is 1. The molecule has 0 bridgehead atoms. The van der Waals surface area contributed by atoms with Crippen LogP contribution in [-0.4, -0.2) is 22.3 Å². The number of alkyl halides is 3. The van der Waals surface area contributed by atoms with Crippen molar-refractivity contribution in [3.05, 3.63) is 136 Å². The van der Waals surface area contributed by atoms with Crippen LogP contribution in [0, 0.1) is 32.6 Å². The molecule has 2 amide bonds. The number of rotatable bonds is 7. The molecule has 1 saturated carbocycles. The Labute approximate surface area is 275 Å². The molecule has 6 rings (SSSR count). The molecule has 244 valence electrons. The molecule has 4 nitrogen and oxygen atoms in total. The number of fused-ring (bicyclic) bond motifs is 2. The number of benzene rings is 4. The van der Waals surface area contributed by atoms with Gasteiger partial charge >= 0.3 is 6.18 Å². The van der Waals surface area contributed by atoms with Crippen molar-refractivity contribution in [3.8, 4) is 0 Å². The number of amides is 2. The fourth-order valence-electron chi connectivity index (χ4n) is 7.90. The summed E-state index contributed by atoms with van der Waals surface area (Å²) < 4.78 is 40.4. The van der Waals surface area contributed by atoms with E-state index in [9.17, 15) is 22.8 Å². The second kappa shape index (κ2) is 13.0. The van der Waals surface area contributed by atoms with Crippen molar-refractivity contribution < 1.29 is 22.8 Å². The van der Waals surface area contributed by atoms with Gasteiger partial charge in [-0.05, 0) is 110 Å². The van der Waals surface area contributed by atoms with E-state index < -0.39 is 17.3 Å². The van der Waals surface area contributed by atoms with Gasteiger partial charge in [-0.1, -0.05) is 84.4 Å². The van der Waals surface area contributed by atoms with E-state index in [-0.39, 0.29) is 30.7 Å². The predicted octanol–water partition coefficient (Wildman–Crippen LogP) is 8.79. The van der Waals surface area contributed by atoms with E-state index in [1.165, 1.54) is 23.3 Å². The van der Waals surface area contributed by atoms with Crippen LogP contribution in [-0.2, 0) is 41.6 Å². The van der Waals surface area contributed by atoms with Gasteiger partial charge in [0.05, 0.1) is 12.0 Å². The van der Waals surface area contributed by atoms with Crippen LogP contribution in [0.2, 0.25) is 0 Å². The summed E-state index contributed by atoms with van der Waals surface area (Å²) in [5, 5.41) is 3.26. The molecule has 0 aromatic heterocycles. The molecule has 7 heteroatoms. The molecule has 2 aliphatic carbocycles. The van der Waals surface area contributed by atoms with E-state index >= 15 is 0 Å². The molecule has 0 saturated heterocycles. The first-order valence-corrected chi connectivity index (χ1v) is 16.4. The van der Waals surface area contributed by atoms with Crippen LogP contribution in [0.25, 0.3) is 0 Å². The van der Waals surface area contributed by atoms with Gasteiger partial charge < -0.3 is 10.2 Å². The highest BCUT2D eigenvalue weighted by atomic mass is 19.4. The third-order valence-electron chi connectivity index (χ3n) is 10.3. The third-order valence-corrected chi connectivity index (χ3v) is 10.3. The maximum absolute atomic E-state index is 14.9. The number of halogens is 3. The van der Waals surface area contributed by atoms with Crippen molar-refractivity contribution in [1.29, 1.82) is 0 Å². The summed E-state index contributed by atoms with van der Waals surface area (Å²) in [6.07, 6.45) is -0.931. The Morgan fingerprint density at radius 3 is 2.02 bits per heavy atom. The van der Waals surface area contributed by atoms with E-state index in [0.29, 0.717) is 24.3 Å². The Bertz CT molecular complexity index is 1740. The summed E-state index contributed by atoms with van der Waals surface area (Å²) >= 11 is 0. The Hall–Kier alpha value is -4.39. The van der Waals surface area contributed by atoms with E-state index in [0.717, 1.165) is 59.3 Å². The van der Waals surface area contributed by atoms with Crippen molar-refractivity contribution >= 4 is 17.5 Å². The first-order chi connectivity index (χ1) is 22.4. The lowest BCUT2D eigenvalue weighted by atomic mass is 9.62. The zero-order chi connectivity index (χ0) is 33.3. The predicted molar refractivity (Wildman–Crippen MR) is 179 cm³/mol. The number of nitrogens with zero attached hydrogens (tertiary/aromatic N) is 1. The standard InChI is InChI=1S/C40H41F3N2O2/c1-26-19-27(2)37(28(3)20-26)44-38(47)39(18-17-33-22-31-11-7-8-12-32(31)23-34(33)24-39)45(36(46)21-29-9-5-4-6-10-29)25-30-13-15-35(16-14-30)40(41,42)43/h4-16,19-20,33-34H,17-18,21-25H2,1-3H3,(H,44,47)/t33-,34-,39+/m1/s1. The van der Waals surface area contributed by atoms with Gasteiger partial charge in [-0.15, -0.1) is 0 Å². The van der Waals surface area contributed by atoms with Crippen molar-refractivity contribution in [2.75, 3.05) is 5.32 Å². The molecule has 2 aliphatic rings. The molecule has 0 spiro atoms. The van der Waals surface area contributed by atoms with E-state index in [4.69, 9.17) is 0 Å². The lowest BCUT2D eigenvalue weighted by Crippen LogP contribution is -2.62. The monoisotopic (exact) mass is 638 g/mol. The van der Waals surface area contributed by atoms with Gasteiger partial charge in [0, 0.05) is 12.2 Å². The summed E-state index contributed by atoms with van der Waals surface area (Å²) in [4.78, 5) is 31.1. The molecule has 4 aromatic carbocycles. The fourth-order valence-corrected chi connectivity index (χ4v) is 7.90. The van der Waals surface area contributed by atoms with Crippen LogP contribution in [0.1, 0.15) is 63.8 Å². The highest BCUT2D eigenvalue weighted by Crippen LogP contribution is 2.47. The summed E-state index contributed by atoms with van der Waals surface area (Å²) in [6.45, 7) is 5.98. The Balaban J connectivity index is 1.43. The van der Waals surface area contributed by atoms with Crippen LogP contribution < -0.4 is 5.32 Å². The number of hydrogen-bond donors (Lipinski definition) is 1. The minimum Gasteiger partial charge on any atom is -0.324 e. The summed E-state index contributed by atoms with van der Waals surface area (Å²) in [5.74, 6) is 0.0894. The molecular weight excluding hydrogens is 597 g/mol. The van der Waals surface area contributed by atoms with Gasteiger partial charge in [0.25, 0.3) is 0 Å². The molecule has 0 radical (unpaired) electrons. The van der Waals surface area contributed by atoms with Crippen LogP contribution in [0.15, 0.2) is 91.0 Å². The summed E-state index contributed by atoms with van der Waals surface area (Å²) in [7, 11) is 0. The minimum absolute atomic E-state index is 0.0249. The van der Waals surface area contributed by atoms with Gasteiger partial charge in [-0.25, -0.2) is 0 Å². The maximum atomic E-state index is 14.9. The zero-order valence-electron chi connectivity index (χ0n) is 27.2. The van der Waals surface area contributed by atoms with Crippen molar-refractivity contribution in [2.45, 2.75) is 77.6 Å². The van der Waals surface area contributed by atoms with Crippen LogP contribution in [0.4, 0.5) is 18.9 Å². The van der Waals surface area contributed by atoms with Crippen molar-refractivity contribution in [1.82, 2.24) is 4.90 Å². The quantitative estimate of drug-likeness (QED) is 0.220. The van der Waals surface area contributed by atoms with Gasteiger partial charge in [0.15, 0.2) is 0 Å². The number of hydrogen-bond acceptors (Lipinski definition) is 2. The maximum Gasteiger partial charge on any atom is 0.416 e. The third kappa shape index (κ3) is 6.85. The average molecular weight is 639 g/mol. The number of carbonyl (C=O) groups excluding carboxylic acids is 2. The zero-order valence-corrected chi connectivity index (χ0v) is 27.2. The molecular formula is C40H41F3N2O2. The van der Waals surface area contributed by atoms with Crippen molar-refractivity contribution in [3.63, 3.8) is 0 Å². The topological polar surface area (TPSA) is 49.4 Å². The Morgan fingerprint density at radius 1 is 0.809 bits per heavy atom. The molecule has 47 heavy (non-hydrogen) atoms. The Kier molecular flexibility index (Phi) is 9.01. The molecule has 0 heterocycles. The fraction of sp³-hybridized carbons (Fsp3) is 0.350. The first kappa shape index (κ1) is 32.5. The first-order valence-electron chi connectivity index (χ1n) is 16.4. The highest BCUT2D eigenvalue weighted by molar-refractivity contribution is 6.02. The lowest BCUT2D eigenvalue weighted by Gasteiger charge is -2.51. The molecule has 0 aliphatic heterocycles. The van der Waals surface area contributed by atoms with E-state index in [1.54, 1.807) is 4.90 Å². The second-order valence-electron chi connectivity index (χ2n) is 13.5. The second-order valence-corrected chi connectivity index (χ2v) is 13.5. The van der Waals surface area contributed by atoms with Gasteiger partial charge in [-0.3, -0.25) is 9.59 Å². The van der Waals surface area contributed by atoms with Crippen molar-refractivity contribution in [2.24, 2.45) is 11.8 Å². The molecule has 4 aromatic rings. The lowest BCUT2D eigenvalue weighted by molar-refractivity contribution is -0.150. The van der Waals surface area contributed by atoms with E-state index in [1.807, 2.05) is 69.3 Å². The van der Waals surface area contributed by atoms with Crippen LogP contribution >= 0.6 is 0 Å². The van der Waals surface area contributed by atoms with Gasteiger partial charge in [0.1, 0.15) is 5.54 Å².